The van der Waals surface area contributed by atoms with E-state index in [1.54, 1.807) is 12.4 Å². The van der Waals surface area contributed by atoms with E-state index in [4.69, 9.17) is 0 Å². The minimum Gasteiger partial charge on any atom is -0.332 e. The van der Waals surface area contributed by atoms with Crippen molar-refractivity contribution in [2.45, 2.75) is 5.16 Å². The van der Waals surface area contributed by atoms with Crippen molar-refractivity contribution in [3.05, 3.63) is 29.9 Å². The monoisotopic (exact) mass is 291 g/mol. The standard InChI is InChI=1S/C11H9N5OS2/c17-8(15-10-13-4-5-18-10)6-19-11-14-7-2-1-3-12-9(7)16-11/h1-5H,6H2,(H,12,14,16)(H,13,15,17). The molecule has 0 saturated heterocycles. The van der Waals surface area contributed by atoms with E-state index in [1.165, 1.54) is 23.1 Å². The summed E-state index contributed by atoms with van der Waals surface area (Å²) in [5.41, 5.74) is 1.52. The molecule has 0 saturated carbocycles. The molecular weight excluding hydrogens is 282 g/mol. The SMILES string of the molecule is O=C(CSc1nc2ncccc2[nH]1)Nc1nccs1. The van der Waals surface area contributed by atoms with Crippen LogP contribution in [0.15, 0.2) is 35.1 Å². The van der Waals surface area contributed by atoms with Crippen LogP contribution in [0.25, 0.3) is 11.2 Å². The number of hydrogen-bond donors (Lipinski definition) is 2. The summed E-state index contributed by atoms with van der Waals surface area (Å²) in [5.74, 6) is 0.174. The summed E-state index contributed by atoms with van der Waals surface area (Å²) in [6, 6.07) is 3.74. The Bertz CT molecular complexity index is 661. The first-order chi connectivity index (χ1) is 9.31. The van der Waals surface area contributed by atoms with E-state index < -0.39 is 0 Å². The third-order valence-corrected chi connectivity index (χ3v) is 3.82. The van der Waals surface area contributed by atoms with Gasteiger partial charge >= 0.3 is 0 Å². The van der Waals surface area contributed by atoms with Gasteiger partial charge in [-0.25, -0.2) is 15.0 Å². The number of thiazole rings is 1. The summed E-state index contributed by atoms with van der Waals surface area (Å²) in [6.07, 6.45) is 3.34. The highest BCUT2D eigenvalue weighted by Crippen LogP contribution is 2.18. The van der Waals surface area contributed by atoms with E-state index in [-0.39, 0.29) is 11.7 Å². The second-order valence-electron chi connectivity index (χ2n) is 3.59. The number of nitrogens with one attached hydrogen (secondary N) is 2. The van der Waals surface area contributed by atoms with Crippen molar-refractivity contribution < 1.29 is 4.79 Å². The quantitative estimate of drug-likeness (QED) is 0.720. The third kappa shape index (κ3) is 2.91. The first kappa shape index (κ1) is 12.1. The lowest BCUT2D eigenvalue weighted by molar-refractivity contribution is -0.113. The van der Waals surface area contributed by atoms with Crippen LogP contribution in [-0.2, 0) is 4.79 Å². The van der Waals surface area contributed by atoms with E-state index >= 15 is 0 Å². The number of H-pyrrole nitrogens is 1. The molecule has 8 heteroatoms. The van der Waals surface area contributed by atoms with E-state index in [0.29, 0.717) is 15.9 Å². The van der Waals surface area contributed by atoms with E-state index in [2.05, 4.69) is 25.3 Å². The molecule has 0 fully saturated rings. The van der Waals surface area contributed by atoms with Gasteiger partial charge in [-0.1, -0.05) is 11.8 Å². The first-order valence-corrected chi connectivity index (χ1v) is 7.31. The molecule has 0 aliphatic heterocycles. The van der Waals surface area contributed by atoms with E-state index in [9.17, 15) is 4.79 Å². The number of anilines is 1. The third-order valence-electron chi connectivity index (χ3n) is 2.25. The number of fused-ring (bicyclic) bond motifs is 1. The van der Waals surface area contributed by atoms with Crippen molar-refractivity contribution >= 4 is 45.3 Å². The Morgan fingerprint density at radius 2 is 2.37 bits per heavy atom. The van der Waals surface area contributed by atoms with Crippen LogP contribution in [0.3, 0.4) is 0 Å². The molecule has 3 heterocycles. The molecule has 0 aromatic carbocycles. The van der Waals surface area contributed by atoms with Crippen molar-refractivity contribution in [1.29, 1.82) is 0 Å². The molecule has 3 rings (SSSR count). The molecule has 0 unspecified atom stereocenters. The Morgan fingerprint density at radius 3 is 3.16 bits per heavy atom. The molecule has 0 bridgehead atoms. The van der Waals surface area contributed by atoms with Gasteiger partial charge < -0.3 is 10.3 Å². The molecule has 3 aromatic heterocycles. The number of aromatic amines is 1. The van der Waals surface area contributed by atoms with Crippen LogP contribution in [-0.4, -0.2) is 31.6 Å². The van der Waals surface area contributed by atoms with Gasteiger partial charge in [0.05, 0.1) is 11.3 Å². The van der Waals surface area contributed by atoms with Crippen molar-refractivity contribution in [2.75, 3.05) is 11.1 Å². The number of aromatic nitrogens is 4. The Balaban J connectivity index is 1.61. The lowest BCUT2D eigenvalue weighted by atomic mass is 10.4. The Kier molecular flexibility index (Phi) is 3.43. The topological polar surface area (TPSA) is 83.6 Å². The van der Waals surface area contributed by atoms with E-state index in [1.807, 2.05) is 17.5 Å². The fourth-order valence-corrected chi connectivity index (χ4v) is 2.68. The molecule has 0 aliphatic carbocycles. The Hall–Kier alpha value is -1.93. The Labute approximate surface area is 116 Å². The molecule has 6 nitrogen and oxygen atoms in total. The normalized spacial score (nSPS) is 10.7. The number of nitrogens with zero attached hydrogens (tertiary/aromatic N) is 3. The van der Waals surface area contributed by atoms with Gasteiger partial charge in [-0.2, -0.15) is 0 Å². The van der Waals surface area contributed by atoms with Crippen LogP contribution in [0.1, 0.15) is 0 Å². The van der Waals surface area contributed by atoms with Crippen LogP contribution in [0.5, 0.6) is 0 Å². The number of hydrogen-bond acceptors (Lipinski definition) is 6. The Morgan fingerprint density at radius 1 is 1.42 bits per heavy atom. The van der Waals surface area contributed by atoms with Crippen LogP contribution >= 0.6 is 23.1 Å². The molecule has 0 atom stereocenters. The number of thioether (sulfide) groups is 1. The predicted octanol–water partition coefficient (Wildman–Crippen LogP) is 2.15. The number of carbonyl (C=O) groups excluding carboxylic acids is 1. The maximum absolute atomic E-state index is 11.7. The second kappa shape index (κ2) is 5.37. The van der Waals surface area contributed by atoms with Gasteiger partial charge in [0.15, 0.2) is 15.9 Å². The second-order valence-corrected chi connectivity index (χ2v) is 5.45. The number of rotatable bonds is 4. The zero-order valence-electron chi connectivity index (χ0n) is 9.66. The zero-order valence-corrected chi connectivity index (χ0v) is 11.3. The molecular formula is C11H9N5OS2. The minimum absolute atomic E-state index is 0.103. The number of pyridine rings is 1. The van der Waals surface area contributed by atoms with Crippen molar-refractivity contribution in [2.24, 2.45) is 0 Å². The summed E-state index contributed by atoms with van der Waals surface area (Å²) >= 11 is 2.73. The van der Waals surface area contributed by atoms with Crippen LogP contribution in [0, 0.1) is 0 Å². The molecule has 0 radical (unpaired) electrons. The summed E-state index contributed by atoms with van der Waals surface area (Å²) < 4.78 is 0. The highest BCUT2D eigenvalue weighted by atomic mass is 32.2. The first-order valence-electron chi connectivity index (χ1n) is 5.44. The molecule has 3 aromatic rings. The number of amides is 1. The maximum atomic E-state index is 11.7. The highest BCUT2D eigenvalue weighted by molar-refractivity contribution is 7.99. The van der Waals surface area contributed by atoms with Gasteiger partial charge in [0, 0.05) is 17.8 Å². The van der Waals surface area contributed by atoms with Crippen LogP contribution in [0.2, 0.25) is 0 Å². The van der Waals surface area contributed by atoms with Crippen LogP contribution in [0.4, 0.5) is 5.13 Å². The van der Waals surface area contributed by atoms with Gasteiger partial charge in [-0.05, 0) is 12.1 Å². The van der Waals surface area contributed by atoms with Crippen molar-refractivity contribution in [3.63, 3.8) is 0 Å². The van der Waals surface area contributed by atoms with Crippen LogP contribution < -0.4 is 5.32 Å². The summed E-state index contributed by atoms with van der Waals surface area (Å²) in [4.78, 5) is 27.2. The van der Waals surface area contributed by atoms with E-state index in [0.717, 1.165) is 5.52 Å². The maximum Gasteiger partial charge on any atom is 0.236 e. The fourth-order valence-electron chi connectivity index (χ4n) is 1.47. The smallest absolute Gasteiger partial charge is 0.236 e. The summed E-state index contributed by atoms with van der Waals surface area (Å²) in [7, 11) is 0. The van der Waals surface area contributed by atoms with Gasteiger partial charge in [0.1, 0.15) is 0 Å². The summed E-state index contributed by atoms with van der Waals surface area (Å²) in [6.45, 7) is 0. The number of carbonyl (C=O) groups is 1. The average molecular weight is 291 g/mol. The fraction of sp³-hybridized carbons (Fsp3) is 0.0909. The van der Waals surface area contributed by atoms with Crippen molar-refractivity contribution in [1.82, 2.24) is 19.9 Å². The number of imidazole rings is 1. The van der Waals surface area contributed by atoms with Crippen molar-refractivity contribution in [3.8, 4) is 0 Å². The van der Waals surface area contributed by atoms with Gasteiger partial charge in [0.25, 0.3) is 0 Å². The molecule has 0 aliphatic rings. The largest absolute Gasteiger partial charge is 0.332 e. The highest BCUT2D eigenvalue weighted by Gasteiger charge is 2.08. The average Bonchev–Trinajstić information content (AvgIpc) is 3.04. The molecule has 19 heavy (non-hydrogen) atoms. The minimum atomic E-state index is -0.103. The van der Waals surface area contributed by atoms with Gasteiger partial charge in [-0.15, -0.1) is 11.3 Å². The molecule has 0 spiro atoms. The predicted molar refractivity (Wildman–Crippen MR) is 75.4 cm³/mol. The molecule has 96 valence electrons. The molecule has 1 amide bonds. The van der Waals surface area contributed by atoms with Gasteiger partial charge in [0.2, 0.25) is 5.91 Å². The lowest BCUT2D eigenvalue weighted by Gasteiger charge is -1.99. The van der Waals surface area contributed by atoms with Gasteiger partial charge in [-0.3, -0.25) is 4.79 Å². The zero-order chi connectivity index (χ0) is 13.1. The lowest BCUT2D eigenvalue weighted by Crippen LogP contribution is -2.13. The molecule has 2 N–H and O–H groups in total. The summed E-state index contributed by atoms with van der Waals surface area (Å²) in [5, 5.41) is 5.82.